The molecule has 4 nitrogen and oxygen atoms in total. The van der Waals surface area contributed by atoms with Crippen LogP contribution >= 0.6 is 0 Å². The summed E-state index contributed by atoms with van der Waals surface area (Å²) in [6.07, 6.45) is 0.210. The van der Waals surface area contributed by atoms with Gasteiger partial charge in [-0.1, -0.05) is 18.2 Å². The van der Waals surface area contributed by atoms with Crippen molar-refractivity contribution < 1.29 is 9.90 Å². The van der Waals surface area contributed by atoms with Gasteiger partial charge in [-0.25, -0.2) is 0 Å². The normalized spacial score (nSPS) is 10.3. The second-order valence-corrected chi connectivity index (χ2v) is 4.87. The smallest absolute Gasteiger partial charge is 0.228 e. The molecule has 0 unspecified atom stereocenters. The maximum absolute atomic E-state index is 12.1. The highest BCUT2D eigenvalue weighted by atomic mass is 16.3. The Morgan fingerprint density at radius 1 is 1.25 bits per heavy atom. The van der Waals surface area contributed by atoms with Gasteiger partial charge in [0.25, 0.3) is 0 Å². The van der Waals surface area contributed by atoms with E-state index in [9.17, 15) is 9.90 Å². The summed E-state index contributed by atoms with van der Waals surface area (Å²) in [4.78, 5) is 12.1. The van der Waals surface area contributed by atoms with Crippen LogP contribution in [-0.2, 0) is 11.2 Å². The van der Waals surface area contributed by atoms with Crippen LogP contribution in [0.3, 0.4) is 0 Å². The summed E-state index contributed by atoms with van der Waals surface area (Å²) in [5.74, 6) is 0.0269. The summed E-state index contributed by atoms with van der Waals surface area (Å²) in [5, 5.41) is 12.3. The molecule has 0 fully saturated rings. The lowest BCUT2D eigenvalue weighted by Crippen LogP contribution is -2.16. The average molecular weight is 270 g/mol. The third-order valence-electron chi connectivity index (χ3n) is 3.25. The number of nitrogen functional groups attached to an aromatic ring is 1. The van der Waals surface area contributed by atoms with E-state index in [2.05, 4.69) is 5.32 Å². The van der Waals surface area contributed by atoms with Crippen LogP contribution < -0.4 is 11.1 Å². The van der Waals surface area contributed by atoms with Gasteiger partial charge in [0.05, 0.1) is 6.42 Å². The Kier molecular flexibility index (Phi) is 3.94. The van der Waals surface area contributed by atoms with Gasteiger partial charge in [-0.3, -0.25) is 4.79 Å². The molecule has 0 atom stereocenters. The van der Waals surface area contributed by atoms with E-state index in [-0.39, 0.29) is 18.1 Å². The van der Waals surface area contributed by atoms with Gasteiger partial charge in [0, 0.05) is 11.4 Å². The minimum absolute atomic E-state index is 0.132. The van der Waals surface area contributed by atoms with Crippen molar-refractivity contribution in [3.8, 4) is 5.75 Å². The Balaban J connectivity index is 2.15. The number of phenols is 1. The number of rotatable bonds is 3. The molecule has 1 amide bonds. The van der Waals surface area contributed by atoms with Gasteiger partial charge in [0.15, 0.2) is 0 Å². The molecular formula is C16H18N2O2. The number of nitrogens with two attached hydrogens (primary N) is 1. The number of aromatic hydroxyl groups is 1. The zero-order chi connectivity index (χ0) is 14.7. The molecule has 0 bridgehead atoms. The summed E-state index contributed by atoms with van der Waals surface area (Å²) < 4.78 is 0. The monoisotopic (exact) mass is 270 g/mol. The quantitative estimate of drug-likeness (QED) is 0.751. The number of carbonyl (C=O) groups excluding carboxylic acids is 1. The number of hydrogen-bond acceptors (Lipinski definition) is 3. The molecule has 0 aliphatic rings. The Morgan fingerprint density at radius 2 is 2.00 bits per heavy atom. The molecule has 0 saturated heterocycles. The molecule has 0 aliphatic heterocycles. The van der Waals surface area contributed by atoms with E-state index in [0.29, 0.717) is 5.69 Å². The van der Waals surface area contributed by atoms with Crippen LogP contribution in [0.5, 0.6) is 5.75 Å². The third-order valence-corrected chi connectivity index (χ3v) is 3.25. The first-order valence-electron chi connectivity index (χ1n) is 6.41. The molecule has 2 rings (SSSR count). The van der Waals surface area contributed by atoms with Crippen molar-refractivity contribution in [3.05, 3.63) is 53.1 Å². The zero-order valence-corrected chi connectivity index (χ0v) is 11.6. The lowest BCUT2D eigenvalue weighted by molar-refractivity contribution is -0.115. The number of phenolic OH excluding ortho intramolecular Hbond substituents is 1. The first kappa shape index (κ1) is 13.9. The van der Waals surface area contributed by atoms with Crippen molar-refractivity contribution in [2.24, 2.45) is 0 Å². The highest BCUT2D eigenvalue weighted by molar-refractivity contribution is 5.94. The zero-order valence-electron chi connectivity index (χ0n) is 11.6. The summed E-state index contributed by atoms with van der Waals surface area (Å²) in [6.45, 7) is 3.81. The van der Waals surface area contributed by atoms with Gasteiger partial charge < -0.3 is 16.2 Å². The molecule has 4 heteroatoms. The van der Waals surface area contributed by atoms with Crippen LogP contribution in [0.1, 0.15) is 16.7 Å². The molecule has 0 saturated carbocycles. The molecular weight excluding hydrogens is 252 g/mol. The van der Waals surface area contributed by atoms with Crippen molar-refractivity contribution in [3.63, 3.8) is 0 Å². The second-order valence-electron chi connectivity index (χ2n) is 4.87. The van der Waals surface area contributed by atoms with Crippen molar-refractivity contribution in [1.82, 2.24) is 0 Å². The highest BCUT2D eigenvalue weighted by Crippen LogP contribution is 2.25. The fourth-order valence-electron chi connectivity index (χ4n) is 2.09. The predicted molar refractivity (Wildman–Crippen MR) is 80.8 cm³/mol. The van der Waals surface area contributed by atoms with Gasteiger partial charge in [-0.2, -0.15) is 0 Å². The average Bonchev–Trinajstić information content (AvgIpc) is 2.39. The number of anilines is 2. The number of nitrogens with one attached hydrogen (secondary N) is 1. The van der Waals surface area contributed by atoms with Crippen LogP contribution in [0.4, 0.5) is 11.4 Å². The van der Waals surface area contributed by atoms with E-state index in [1.54, 1.807) is 24.3 Å². The minimum Gasteiger partial charge on any atom is -0.508 e. The molecule has 104 valence electrons. The molecule has 0 radical (unpaired) electrons. The van der Waals surface area contributed by atoms with Gasteiger partial charge >= 0.3 is 0 Å². The summed E-state index contributed by atoms with van der Waals surface area (Å²) in [6, 6.07) is 10.4. The maximum atomic E-state index is 12.1. The van der Waals surface area contributed by atoms with E-state index in [1.165, 1.54) is 0 Å². The van der Waals surface area contributed by atoms with Gasteiger partial charge in [-0.15, -0.1) is 0 Å². The molecule has 4 N–H and O–H groups in total. The van der Waals surface area contributed by atoms with Crippen LogP contribution in [0.25, 0.3) is 0 Å². The topological polar surface area (TPSA) is 75.3 Å². The fourth-order valence-corrected chi connectivity index (χ4v) is 2.09. The van der Waals surface area contributed by atoms with Gasteiger partial charge in [0.1, 0.15) is 5.75 Å². The van der Waals surface area contributed by atoms with Crippen LogP contribution in [-0.4, -0.2) is 11.0 Å². The van der Waals surface area contributed by atoms with Crippen molar-refractivity contribution >= 4 is 17.3 Å². The Morgan fingerprint density at radius 3 is 2.70 bits per heavy atom. The standard InChI is InChI=1S/C16H18N2O2/c1-10-6-7-14(17)11(2)16(10)18-15(20)9-12-4-3-5-13(19)8-12/h3-8,19H,9,17H2,1-2H3,(H,18,20). The molecule has 0 aliphatic carbocycles. The molecule has 2 aromatic rings. The fraction of sp³-hybridized carbons (Fsp3) is 0.188. The van der Waals surface area contributed by atoms with Crippen LogP contribution in [0.2, 0.25) is 0 Å². The summed E-state index contributed by atoms with van der Waals surface area (Å²) in [5.41, 5.74) is 9.88. The first-order chi connectivity index (χ1) is 9.47. The molecule has 0 aromatic heterocycles. The van der Waals surface area contributed by atoms with E-state index >= 15 is 0 Å². The van der Waals surface area contributed by atoms with E-state index in [4.69, 9.17) is 5.73 Å². The molecule has 0 heterocycles. The van der Waals surface area contributed by atoms with Crippen LogP contribution in [0, 0.1) is 13.8 Å². The van der Waals surface area contributed by atoms with Crippen molar-refractivity contribution in [2.45, 2.75) is 20.3 Å². The SMILES string of the molecule is Cc1ccc(N)c(C)c1NC(=O)Cc1cccc(O)c1. The maximum Gasteiger partial charge on any atom is 0.228 e. The Bertz CT molecular complexity index is 651. The number of carbonyl (C=O) groups is 1. The second kappa shape index (κ2) is 5.65. The third kappa shape index (κ3) is 3.09. The summed E-state index contributed by atoms with van der Waals surface area (Å²) >= 11 is 0. The highest BCUT2D eigenvalue weighted by Gasteiger charge is 2.10. The van der Waals surface area contributed by atoms with Gasteiger partial charge in [0.2, 0.25) is 5.91 Å². The number of aryl methyl sites for hydroxylation is 1. The summed E-state index contributed by atoms with van der Waals surface area (Å²) in [7, 11) is 0. The van der Waals surface area contributed by atoms with E-state index in [0.717, 1.165) is 22.4 Å². The number of benzene rings is 2. The number of amides is 1. The Labute approximate surface area is 118 Å². The predicted octanol–water partition coefficient (Wildman–Crippen LogP) is 2.77. The van der Waals surface area contributed by atoms with Crippen molar-refractivity contribution in [2.75, 3.05) is 11.1 Å². The Hall–Kier alpha value is -2.49. The number of hydrogen-bond donors (Lipinski definition) is 3. The van der Waals surface area contributed by atoms with E-state index < -0.39 is 0 Å². The molecule has 2 aromatic carbocycles. The largest absolute Gasteiger partial charge is 0.508 e. The lowest BCUT2D eigenvalue weighted by Gasteiger charge is -2.13. The van der Waals surface area contributed by atoms with Crippen LogP contribution in [0.15, 0.2) is 36.4 Å². The minimum atomic E-state index is -0.132. The molecule has 0 spiro atoms. The van der Waals surface area contributed by atoms with Crippen molar-refractivity contribution in [1.29, 1.82) is 0 Å². The molecule has 20 heavy (non-hydrogen) atoms. The van der Waals surface area contributed by atoms with E-state index in [1.807, 2.05) is 26.0 Å². The first-order valence-corrected chi connectivity index (χ1v) is 6.41. The lowest BCUT2D eigenvalue weighted by atomic mass is 10.1. The van der Waals surface area contributed by atoms with Gasteiger partial charge in [-0.05, 0) is 48.7 Å².